The van der Waals surface area contributed by atoms with Gasteiger partial charge < -0.3 is 5.32 Å². The maximum atomic E-state index is 3.77. The normalized spacial score (nSPS) is 28.1. The Labute approximate surface area is 96.9 Å². The molecule has 1 aromatic heterocycles. The van der Waals surface area contributed by atoms with E-state index in [0.29, 0.717) is 6.04 Å². The second-order valence-electron chi connectivity index (χ2n) is 4.87. The number of thiophene rings is 1. The Morgan fingerprint density at radius 2 is 2.40 bits per heavy atom. The average Bonchev–Trinajstić information content (AvgIpc) is 2.79. The van der Waals surface area contributed by atoms with E-state index in [4.69, 9.17) is 0 Å². The second-order valence-corrected chi connectivity index (χ2v) is 5.90. The van der Waals surface area contributed by atoms with E-state index in [1.54, 1.807) is 0 Å². The summed E-state index contributed by atoms with van der Waals surface area (Å²) in [5, 5.41) is 5.94. The van der Waals surface area contributed by atoms with Crippen LogP contribution in [-0.2, 0) is 6.42 Å². The molecule has 0 saturated heterocycles. The molecule has 3 unspecified atom stereocenters. The van der Waals surface area contributed by atoms with Gasteiger partial charge in [0, 0.05) is 17.0 Å². The van der Waals surface area contributed by atoms with Gasteiger partial charge in [0.15, 0.2) is 0 Å². The lowest BCUT2D eigenvalue weighted by molar-refractivity contribution is 0.382. The first-order chi connectivity index (χ1) is 7.25. The fourth-order valence-electron chi connectivity index (χ4n) is 2.55. The summed E-state index contributed by atoms with van der Waals surface area (Å²) in [7, 11) is 0. The highest BCUT2D eigenvalue weighted by Crippen LogP contribution is 2.25. The van der Waals surface area contributed by atoms with Crippen molar-refractivity contribution in [2.24, 2.45) is 5.92 Å². The zero-order valence-electron chi connectivity index (χ0n) is 9.70. The minimum absolute atomic E-state index is 0.620. The lowest BCUT2D eigenvalue weighted by atomic mass is 10.0. The molecule has 1 aliphatic rings. The van der Waals surface area contributed by atoms with E-state index in [2.05, 4.69) is 36.7 Å². The molecule has 1 fully saturated rings. The Hall–Kier alpha value is -0.340. The highest BCUT2D eigenvalue weighted by molar-refractivity contribution is 7.09. The van der Waals surface area contributed by atoms with E-state index < -0.39 is 0 Å². The SMILES string of the molecule is CC(Cc1cccs1)NC1CCCC1C. The van der Waals surface area contributed by atoms with Gasteiger partial charge in [-0.1, -0.05) is 19.4 Å². The van der Waals surface area contributed by atoms with Crippen molar-refractivity contribution in [1.82, 2.24) is 5.32 Å². The van der Waals surface area contributed by atoms with Crippen molar-refractivity contribution in [3.05, 3.63) is 22.4 Å². The summed E-state index contributed by atoms with van der Waals surface area (Å²) >= 11 is 1.87. The van der Waals surface area contributed by atoms with E-state index in [1.807, 2.05) is 11.3 Å². The number of hydrogen-bond donors (Lipinski definition) is 1. The van der Waals surface area contributed by atoms with Gasteiger partial charge >= 0.3 is 0 Å². The standard InChI is InChI=1S/C13H21NS/c1-10-5-3-7-13(10)14-11(2)9-12-6-4-8-15-12/h4,6,8,10-11,13-14H,3,5,7,9H2,1-2H3. The number of rotatable bonds is 4. The predicted molar refractivity (Wildman–Crippen MR) is 67.4 cm³/mol. The molecule has 0 bridgehead atoms. The smallest absolute Gasteiger partial charge is 0.00953 e. The molecule has 1 aromatic rings. The molecule has 15 heavy (non-hydrogen) atoms. The molecule has 2 heteroatoms. The molecule has 0 aliphatic heterocycles. The lowest BCUT2D eigenvalue weighted by Gasteiger charge is -2.22. The van der Waals surface area contributed by atoms with E-state index in [1.165, 1.54) is 30.6 Å². The van der Waals surface area contributed by atoms with E-state index in [-0.39, 0.29) is 0 Å². The minimum Gasteiger partial charge on any atom is -0.311 e. The molecule has 1 N–H and O–H groups in total. The van der Waals surface area contributed by atoms with Crippen LogP contribution in [-0.4, -0.2) is 12.1 Å². The second kappa shape index (κ2) is 5.13. The first-order valence-electron chi connectivity index (χ1n) is 6.04. The highest BCUT2D eigenvalue weighted by Gasteiger charge is 2.24. The van der Waals surface area contributed by atoms with E-state index in [9.17, 15) is 0 Å². The van der Waals surface area contributed by atoms with Crippen LogP contribution < -0.4 is 5.32 Å². The molecular weight excluding hydrogens is 202 g/mol. The van der Waals surface area contributed by atoms with Gasteiger partial charge in [-0.15, -0.1) is 11.3 Å². The molecule has 0 amide bonds. The summed E-state index contributed by atoms with van der Waals surface area (Å²) in [5.41, 5.74) is 0. The molecule has 1 aliphatic carbocycles. The van der Waals surface area contributed by atoms with Gasteiger partial charge in [-0.3, -0.25) is 0 Å². The maximum Gasteiger partial charge on any atom is 0.00953 e. The van der Waals surface area contributed by atoms with Crippen molar-refractivity contribution in [2.45, 2.75) is 51.6 Å². The maximum absolute atomic E-state index is 3.77. The Bertz CT molecular complexity index is 281. The third kappa shape index (κ3) is 3.05. The first-order valence-corrected chi connectivity index (χ1v) is 6.92. The van der Waals surface area contributed by atoms with Crippen LogP contribution in [0, 0.1) is 5.92 Å². The van der Waals surface area contributed by atoms with Crippen LogP contribution in [0.25, 0.3) is 0 Å². The molecular formula is C13H21NS. The molecule has 0 spiro atoms. The van der Waals surface area contributed by atoms with Gasteiger partial charge in [-0.25, -0.2) is 0 Å². The van der Waals surface area contributed by atoms with Crippen molar-refractivity contribution in [3.63, 3.8) is 0 Å². The van der Waals surface area contributed by atoms with Crippen LogP contribution in [0.3, 0.4) is 0 Å². The van der Waals surface area contributed by atoms with E-state index in [0.717, 1.165) is 12.0 Å². The van der Waals surface area contributed by atoms with Crippen LogP contribution >= 0.6 is 11.3 Å². The largest absolute Gasteiger partial charge is 0.311 e. The molecule has 1 nitrogen and oxygen atoms in total. The van der Waals surface area contributed by atoms with Gasteiger partial charge in [0.25, 0.3) is 0 Å². The average molecular weight is 223 g/mol. The van der Waals surface area contributed by atoms with Crippen LogP contribution in [0.15, 0.2) is 17.5 Å². The molecule has 2 rings (SSSR count). The van der Waals surface area contributed by atoms with Gasteiger partial charge in [-0.2, -0.15) is 0 Å². The first kappa shape index (κ1) is 11.2. The summed E-state index contributed by atoms with van der Waals surface area (Å²) in [5.74, 6) is 0.871. The molecule has 84 valence electrons. The fraction of sp³-hybridized carbons (Fsp3) is 0.692. The van der Waals surface area contributed by atoms with Crippen molar-refractivity contribution in [1.29, 1.82) is 0 Å². The Kier molecular flexibility index (Phi) is 3.81. The van der Waals surface area contributed by atoms with Crippen LogP contribution in [0.4, 0.5) is 0 Å². The Morgan fingerprint density at radius 3 is 3.00 bits per heavy atom. The van der Waals surface area contributed by atoms with E-state index >= 15 is 0 Å². The summed E-state index contributed by atoms with van der Waals surface area (Å²) < 4.78 is 0. The number of nitrogens with one attached hydrogen (secondary N) is 1. The van der Waals surface area contributed by atoms with Crippen LogP contribution in [0.1, 0.15) is 38.0 Å². The van der Waals surface area contributed by atoms with Crippen molar-refractivity contribution in [3.8, 4) is 0 Å². The summed E-state index contributed by atoms with van der Waals surface area (Å²) in [4.78, 5) is 1.50. The van der Waals surface area contributed by atoms with Crippen LogP contribution in [0.5, 0.6) is 0 Å². The molecule has 0 radical (unpaired) electrons. The summed E-state index contributed by atoms with van der Waals surface area (Å²) in [6, 6.07) is 5.76. The number of hydrogen-bond acceptors (Lipinski definition) is 2. The van der Waals surface area contributed by atoms with Gasteiger partial charge in [0.2, 0.25) is 0 Å². The molecule has 3 atom stereocenters. The zero-order chi connectivity index (χ0) is 10.7. The lowest BCUT2D eigenvalue weighted by Crippen LogP contribution is -2.39. The topological polar surface area (TPSA) is 12.0 Å². The molecule has 0 aromatic carbocycles. The quantitative estimate of drug-likeness (QED) is 0.824. The monoisotopic (exact) mass is 223 g/mol. The van der Waals surface area contributed by atoms with Gasteiger partial charge in [-0.05, 0) is 43.6 Å². The van der Waals surface area contributed by atoms with Crippen molar-refractivity contribution < 1.29 is 0 Å². The third-order valence-electron chi connectivity index (χ3n) is 3.45. The predicted octanol–water partition coefficient (Wildman–Crippen LogP) is 3.46. The van der Waals surface area contributed by atoms with Crippen LogP contribution in [0.2, 0.25) is 0 Å². The fourth-order valence-corrected chi connectivity index (χ4v) is 3.38. The molecule has 1 heterocycles. The Morgan fingerprint density at radius 1 is 1.53 bits per heavy atom. The molecule has 1 saturated carbocycles. The van der Waals surface area contributed by atoms with Crippen molar-refractivity contribution >= 4 is 11.3 Å². The highest BCUT2D eigenvalue weighted by atomic mass is 32.1. The summed E-state index contributed by atoms with van der Waals surface area (Å²) in [6.07, 6.45) is 5.37. The third-order valence-corrected chi connectivity index (χ3v) is 4.35. The zero-order valence-corrected chi connectivity index (χ0v) is 10.5. The summed E-state index contributed by atoms with van der Waals surface area (Å²) in [6.45, 7) is 4.69. The minimum atomic E-state index is 0.620. The van der Waals surface area contributed by atoms with Gasteiger partial charge in [0.1, 0.15) is 0 Å². The van der Waals surface area contributed by atoms with Gasteiger partial charge in [0.05, 0.1) is 0 Å². The Balaban J connectivity index is 1.79. The van der Waals surface area contributed by atoms with Crippen molar-refractivity contribution in [2.75, 3.05) is 0 Å².